The first-order valence-corrected chi connectivity index (χ1v) is 7.56. The molecule has 0 saturated carbocycles. The van der Waals surface area contributed by atoms with E-state index in [0.29, 0.717) is 5.01 Å². The SMILES string of the molecule is CCNCc1cnc(CS(=O)(=O)CC)s1. The maximum Gasteiger partial charge on any atom is 0.156 e. The number of hydrogen-bond acceptors (Lipinski definition) is 5. The van der Waals surface area contributed by atoms with Gasteiger partial charge in [0.05, 0.1) is 0 Å². The molecule has 0 saturated heterocycles. The van der Waals surface area contributed by atoms with Crippen molar-refractivity contribution < 1.29 is 8.42 Å². The van der Waals surface area contributed by atoms with Crippen LogP contribution in [0.1, 0.15) is 23.7 Å². The van der Waals surface area contributed by atoms with E-state index in [-0.39, 0.29) is 11.5 Å². The molecule has 1 aromatic rings. The molecule has 15 heavy (non-hydrogen) atoms. The van der Waals surface area contributed by atoms with Gasteiger partial charge in [-0.2, -0.15) is 0 Å². The second kappa shape index (κ2) is 5.58. The second-order valence-electron chi connectivity index (χ2n) is 3.18. The summed E-state index contributed by atoms with van der Waals surface area (Å²) < 4.78 is 22.7. The molecule has 6 heteroatoms. The fourth-order valence-corrected chi connectivity index (χ4v) is 3.15. The van der Waals surface area contributed by atoms with Crippen molar-refractivity contribution in [2.75, 3.05) is 12.3 Å². The minimum atomic E-state index is -2.95. The van der Waals surface area contributed by atoms with Gasteiger partial charge in [0.1, 0.15) is 10.8 Å². The van der Waals surface area contributed by atoms with Crippen molar-refractivity contribution in [1.29, 1.82) is 0 Å². The van der Waals surface area contributed by atoms with Gasteiger partial charge >= 0.3 is 0 Å². The number of nitrogens with zero attached hydrogens (tertiary/aromatic N) is 1. The Balaban J connectivity index is 2.60. The molecule has 0 fully saturated rings. The summed E-state index contributed by atoms with van der Waals surface area (Å²) in [6.45, 7) is 5.35. The lowest BCUT2D eigenvalue weighted by atomic mass is 10.5. The Labute approximate surface area is 94.7 Å². The molecule has 0 unspecified atom stereocenters. The third-order valence-electron chi connectivity index (χ3n) is 1.93. The van der Waals surface area contributed by atoms with Crippen LogP contribution in [0, 0.1) is 0 Å². The molecule has 86 valence electrons. The maximum atomic E-state index is 11.3. The molecular formula is C9H16N2O2S2. The van der Waals surface area contributed by atoms with Gasteiger partial charge in [-0.25, -0.2) is 13.4 Å². The normalized spacial score (nSPS) is 11.9. The Bertz CT molecular complexity index is 398. The van der Waals surface area contributed by atoms with E-state index < -0.39 is 9.84 Å². The molecule has 0 spiro atoms. The van der Waals surface area contributed by atoms with E-state index in [1.807, 2.05) is 6.92 Å². The van der Waals surface area contributed by atoms with Gasteiger partial charge in [0.2, 0.25) is 0 Å². The van der Waals surface area contributed by atoms with Gasteiger partial charge in [-0.1, -0.05) is 13.8 Å². The summed E-state index contributed by atoms with van der Waals surface area (Å²) >= 11 is 1.46. The fraction of sp³-hybridized carbons (Fsp3) is 0.667. The van der Waals surface area contributed by atoms with Crippen LogP contribution in [0.4, 0.5) is 0 Å². The predicted octanol–water partition coefficient (Wildman–Crippen LogP) is 1.19. The first-order valence-electron chi connectivity index (χ1n) is 4.92. The van der Waals surface area contributed by atoms with Crippen molar-refractivity contribution in [2.24, 2.45) is 0 Å². The van der Waals surface area contributed by atoms with Crippen LogP contribution in [0.15, 0.2) is 6.20 Å². The van der Waals surface area contributed by atoms with E-state index in [2.05, 4.69) is 10.3 Å². The topological polar surface area (TPSA) is 59.1 Å². The summed E-state index contributed by atoms with van der Waals surface area (Å²) in [5.41, 5.74) is 0. The summed E-state index contributed by atoms with van der Waals surface area (Å²) in [7, 11) is -2.95. The lowest BCUT2D eigenvalue weighted by Gasteiger charge is -1.96. The average molecular weight is 248 g/mol. The third kappa shape index (κ3) is 4.27. The Morgan fingerprint density at radius 1 is 1.47 bits per heavy atom. The first-order chi connectivity index (χ1) is 7.07. The molecule has 1 N–H and O–H groups in total. The average Bonchev–Trinajstić information content (AvgIpc) is 2.62. The molecule has 0 aromatic carbocycles. The third-order valence-corrected chi connectivity index (χ3v) is 4.71. The van der Waals surface area contributed by atoms with Crippen LogP contribution >= 0.6 is 11.3 Å². The fourth-order valence-electron chi connectivity index (χ4n) is 1.03. The van der Waals surface area contributed by atoms with Crippen molar-refractivity contribution in [1.82, 2.24) is 10.3 Å². The summed E-state index contributed by atoms with van der Waals surface area (Å²) in [5.74, 6) is 0.245. The number of aromatic nitrogens is 1. The summed E-state index contributed by atoms with van der Waals surface area (Å²) in [4.78, 5) is 5.18. The summed E-state index contributed by atoms with van der Waals surface area (Å²) in [6, 6.07) is 0. The van der Waals surface area contributed by atoms with E-state index in [1.54, 1.807) is 13.1 Å². The zero-order valence-electron chi connectivity index (χ0n) is 8.99. The zero-order chi connectivity index (χ0) is 11.3. The molecule has 1 rings (SSSR count). The van der Waals surface area contributed by atoms with Crippen molar-refractivity contribution in [2.45, 2.75) is 26.1 Å². The monoisotopic (exact) mass is 248 g/mol. The Morgan fingerprint density at radius 3 is 2.80 bits per heavy atom. The van der Waals surface area contributed by atoms with E-state index in [0.717, 1.165) is 18.0 Å². The number of nitrogens with one attached hydrogen (secondary N) is 1. The minimum absolute atomic E-state index is 0.0697. The van der Waals surface area contributed by atoms with Gasteiger partial charge in [-0.05, 0) is 6.54 Å². The quantitative estimate of drug-likeness (QED) is 0.821. The largest absolute Gasteiger partial charge is 0.312 e. The predicted molar refractivity (Wildman–Crippen MR) is 62.7 cm³/mol. The highest BCUT2D eigenvalue weighted by Crippen LogP contribution is 2.15. The molecule has 0 radical (unpaired) electrons. The van der Waals surface area contributed by atoms with Gasteiger partial charge in [-0.15, -0.1) is 11.3 Å². The standard InChI is InChI=1S/C9H16N2O2S2/c1-3-10-5-8-6-11-9(14-8)7-15(12,13)4-2/h6,10H,3-5,7H2,1-2H3. The molecule has 1 heterocycles. The van der Waals surface area contributed by atoms with Gasteiger partial charge in [0.25, 0.3) is 0 Å². The Kier molecular flexibility index (Phi) is 4.69. The lowest BCUT2D eigenvalue weighted by molar-refractivity contribution is 0.596. The Morgan fingerprint density at radius 2 is 2.20 bits per heavy atom. The Hall–Kier alpha value is -0.460. The van der Waals surface area contributed by atoms with E-state index in [1.165, 1.54) is 11.3 Å². The molecule has 0 aliphatic carbocycles. The molecule has 0 atom stereocenters. The molecule has 0 aliphatic rings. The van der Waals surface area contributed by atoms with Gasteiger partial charge in [0.15, 0.2) is 9.84 Å². The van der Waals surface area contributed by atoms with Gasteiger partial charge in [-0.3, -0.25) is 0 Å². The highest BCUT2D eigenvalue weighted by molar-refractivity contribution is 7.90. The van der Waals surface area contributed by atoms with E-state index in [4.69, 9.17) is 0 Å². The maximum absolute atomic E-state index is 11.3. The van der Waals surface area contributed by atoms with Crippen LogP contribution in [0.3, 0.4) is 0 Å². The highest BCUT2D eigenvalue weighted by atomic mass is 32.2. The van der Waals surface area contributed by atoms with Crippen LogP contribution in [0.25, 0.3) is 0 Å². The number of thiazole rings is 1. The van der Waals surface area contributed by atoms with Crippen molar-refractivity contribution in [3.63, 3.8) is 0 Å². The van der Waals surface area contributed by atoms with Crippen LogP contribution in [0.2, 0.25) is 0 Å². The van der Waals surface area contributed by atoms with Crippen LogP contribution in [-0.2, 0) is 22.1 Å². The second-order valence-corrected chi connectivity index (χ2v) is 6.73. The summed E-state index contributed by atoms with van der Waals surface area (Å²) in [6.07, 6.45) is 1.74. The van der Waals surface area contributed by atoms with Crippen LogP contribution < -0.4 is 5.32 Å². The van der Waals surface area contributed by atoms with Crippen molar-refractivity contribution in [3.05, 3.63) is 16.1 Å². The first kappa shape index (κ1) is 12.6. The highest BCUT2D eigenvalue weighted by Gasteiger charge is 2.11. The number of sulfone groups is 1. The van der Waals surface area contributed by atoms with Gasteiger partial charge in [0, 0.05) is 23.4 Å². The number of rotatable bonds is 6. The molecular weight excluding hydrogens is 232 g/mol. The van der Waals surface area contributed by atoms with Gasteiger partial charge < -0.3 is 5.32 Å². The molecule has 1 aromatic heterocycles. The zero-order valence-corrected chi connectivity index (χ0v) is 10.6. The minimum Gasteiger partial charge on any atom is -0.312 e. The smallest absolute Gasteiger partial charge is 0.156 e. The van der Waals surface area contributed by atoms with Crippen LogP contribution in [-0.4, -0.2) is 25.7 Å². The molecule has 4 nitrogen and oxygen atoms in total. The lowest BCUT2D eigenvalue weighted by Crippen LogP contribution is -2.10. The van der Waals surface area contributed by atoms with E-state index >= 15 is 0 Å². The summed E-state index contributed by atoms with van der Waals surface area (Å²) in [5, 5.41) is 3.86. The molecule has 0 amide bonds. The van der Waals surface area contributed by atoms with Crippen LogP contribution in [0.5, 0.6) is 0 Å². The van der Waals surface area contributed by atoms with E-state index in [9.17, 15) is 8.42 Å². The van der Waals surface area contributed by atoms with Crippen molar-refractivity contribution >= 4 is 21.2 Å². The number of hydrogen-bond donors (Lipinski definition) is 1. The van der Waals surface area contributed by atoms with Crippen molar-refractivity contribution in [3.8, 4) is 0 Å². The molecule has 0 bridgehead atoms. The molecule has 0 aliphatic heterocycles.